The third-order valence-electron chi connectivity index (χ3n) is 3.33. The number of rotatable bonds is 3. The van der Waals surface area contributed by atoms with E-state index in [4.69, 9.17) is 4.74 Å². The molecular weight excluding hydrogens is 256 g/mol. The lowest BCUT2D eigenvalue weighted by Crippen LogP contribution is -2.35. The zero-order chi connectivity index (χ0) is 13.9. The molecule has 1 aromatic carbocycles. The molecule has 0 radical (unpaired) electrons. The van der Waals surface area contributed by atoms with Crippen molar-refractivity contribution in [2.75, 3.05) is 23.9 Å². The average molecular weight is 276 g/mol. The molecule has 1 N–H and O–H groups in total. The normalized spacial score (nSPS) is 21.5. The molecule has 0 amide bonds. The second kappa shape index (κ2) is 5.75. The van der Waals surface area contributed by atoms with Gasteiger partial charge in [0.1, 0.15) is 11.8 Å². The summed E-state index contributed by atoms with van der Waals surface area (Å²) in [5, 5.41) is 12.7. The number of para-hydroxylation sites is 1. The van der Waals surface area contributed by atoms with Gasteiger partial charge in [-0.05, 0) is 29.7 Å². The summed E-state index contributed by atoms with van der Waals surface area (Å²) in [7, 11) is 1.64. The minimum absolute atomic E-state index is 0.343. The molecule has 1 aliphatic heterocycles. The summed E-state index contributed by atoms with van der Waals surface area (Å²) in [5.74, 6) is 3.02. The maximum absolute atomic E-state index is 9.22. The Morgan fingerprint density at radius 3 is 2.89 bits per heavy atom. The highest BCUT2D eigenvalue weighted by Gasteiger charge is 2.29. The number of thioether (sulfide) groups is 1. The van der Waals surface area contributed by atoms with Gasteiger partial charge in [0.25, 0.3) is 0 Å². The Kier molecular flexibility index (Phi) is 4.26. The van der Waals surface area contributed by atoms with Crippen LogP contribution < -0.4 is 10.1 Å². The van der Waals surface area contributed by atoms with Crippen LogP contribution in [0.3, 0.4) is 0 Å². The van der Waals surface area contributed by atoms with Gasteiger partial charge >= 0.3 is 0 Å². The molecule has 0 aliphatic carbocycles. The highest BCUT2D eigenvalue weighted by atomic mass is 32.2. The first kappa shape index (κ1) is 14.1. The molecule has 1 unspecified atom stereocenters. The van der Waals surface area contributed by atoms with Crippen LogP contribution in [-0.4, -0.2) is 24.7 Å². The van der Waals surface area contributed by atoms with Gasteiger partial charge in [-0.25, -0.2) is 0 Å². The van der Waals surface area contributed by atoms with Crippen LogP contribution in [0.5, 0.6) is 5.75 Å². The molecule has 1 heterocycles. The lowest BCUT2D eigenvalue weighted by atomic mass is 9.87. The van der Waals surface area contributed by atoms with E-state index in [2.05, 4.69) is 25.2 Å². The van der Waals surface area contributed by atoms with Crippen molar-refractivity contribution in [3.63, 3.8) is 0 Å². The lowest BCUT2D eigenvalue weighted by Gasteiger charge is -2.36. The van der Waals surface area contributed by atoms with Crippen LogP contribution >= 0.6 is 11.8 Å². The molecule has 102 valence electrons. The van der Waals surface area contributed by atoms with Crippen molar-refractivity contribution in [3.8, 4) is 11.8 Å². The molecule has 3 nitrogen and oxygen atoms in total. The topological polar surface area (TPSA) is 45.0 Å². The van der Waals surface area contributed by atoms with E-state index in [9.17, 15) is 5.26 Å². The zero-order valence-electron chi connectivity index (χ0n) is 11.7. The van der Waals surface area contributed by atoms with E-state index >= 15 is 0 Å². The highest BCUT2D eigenvalue weighted by molar-refractivity contribution is 7.99. The maximum Gasteiger partial charge on any atom is 0.143 e. The second-order valence-corrected chi connectivity index (χ2v) is 6.75. The van der Waals surface area contributed by atoms with Gasteiger partial charge in [0.2, 0.25) is 0 Å². The van der Waals surface area contributed by atoms with Crippen LogP contribution in [0.1, 0.15) is 25.8 Å². The number of nitrogens with zero attached hydrogens (tertiary/aromatic N) is 1. The summed E-state index contributed by atoms with van der Waals surface area (Å²) in [5.41, 5.74) is 1.82. The maximum atomic E-state index is 9.22. The quantitative estimate of drug-likeness (QED) is 0.917. The van der Waals surface area contributed by atoms with Gasteiger partial charge in [-0.1, -0.05) is 19.9 Å². The Morgan fingerprint density at radius 1 is 1.47 bits per heavy atom. The standard InChI is InChI=1S/C15H20N2OS/c1-15(2)7-12(9-19-10-15)17-14-11(8-16)5-4-6-13(14)18-3/h4-6,12,17H,7,9-10H2,1-3H3. The van der Waals surface area contributed by atoms with Crippen LogP contribution in [-0.2, 0) is 0 Å². The number of benzene rings is 1. The summed E-state index contributed by atoms with van der Waals surface area (Å²) in [4.78, 5) is 0. The second-order valence-electron chi connectivity index (χ2n) is 5.72. The molecule has 2 rings (SSSR count). The molecule has 4 heteroatoms. The summed E-state index contributed by atoms with van der Waals surface area (Å²) < 4.78 is 5.36. The molecule has 0 aromatic heterocycles. The fourth-order valence-electron chi connectivity index (χ4n) is 2.50. The van der Waals surface area contributed by atoms with Gasteiger partial charge in [0.05, 0.1) is 18.4 Å². The number of hydrogen-bond acceptors (Lipinski definition) is 4. The van der Waals surface area contributed by atoms with Crippen LogP contribution in [0.2, 0.25) is 0 Å². The molecule has 0 spiro atoms. The van der Waals surface area contributed by atoms with Gasteiger partial charge in [0.15, 0.2) is 0 Å². The Bertz CT molecular complexity index is 493. The van der Waals surface area contributed by atoms with Gasteiger partial charge in [0, 0.05) is 11.8 Å². The van der Waals surface area contributed by atoms with Gasteiger partial charge < -0.3 is 10.1 Å². The largest absolute Gasteiger partial charge is 0.495 e. The summed E-state index contributed by atoms with van der Waals surface area (Å²) in [6, 6.07) is 8.19. The SMILES string of the molecule is COc1cccc(C#N)c1NC1CSCC(C)(C)C1. The monoisotopic (exact) mass is 276 g/mol. The van der Waals surface area contributed by atoms with Gasteiger partial charge in [-0.15, -0.1) is 0 Å². The van der Waals surface area contributed by atoms with E-state index in [0.717, 1.165) is 23.6 Å². The predicted octanol–water partition coefficient (Wildman–Crippen LogP) is 3.51. The molecule has 1 fully saturated rings. The molecule has 19 heavy (non-hydrogen) atoms. The van der Waals surface area contributed by atoms with E-state index in [0.29, 0.717) is 17.0 Å². The molecule has 1 saturated heterocycles. The van der Waals surface area contributed by atoms with Crippen molar-refractivity contribution in [2.24, 2.45) is 5.41 Å². The summed E-state index contributed by atoms with van der Waals surface area (Å²) >= 11 is 1.97. The van der Waals surface area contributed by atoms with E-state index in [1.807, 2.05) is 30.0 Å². The molecule has 0 saturated carbocycles. The zero-order valence-corrected chi connectivity index (χ0v) is 12.5. The molecular formula is C15H20N2OS. The predicted molar refractivity (Wildman–Crippen MR) is 80.8 cm³/mol. The van der Waals surface area contributed by atoms with Crippen molar-refractivity contribution >= 4 is 17.4 Å². The Morgan fingerprint density at radius 2 is 2.26 bits per heavy atom. The molecule has 1 aromatic rings. The molecule has 0 bridgehead atoms. The minimum atomic E-state index is 0.343. The number of hydrogen-bond donors (Lipinski definition) is 1. The smallest absolute Gasteiger partial charge is 0.143 e. The van der Waals surface area contributed by atoms with E-state index in [1.165, 1.54) is 5.75 Å². The number of nitriles is 1. The van der Waals surface area contributed by atoms with Crippen molar-refractivity contribution < 1.29 is 4.74 Å². The number of anilines is 1. The lowest BCUT2D eigenvalue weighted by molar-refractivity contribution is 0.357. The van der Waals surface area contributed by atoms with Crippen molar-refractivity contribution in [3.05, 3.63) is 23.8 Å². The van der Waals surface area contributed by atoms with E-state index in [1.54, 1.807) is 7.11 Å². The number of methoxy groups -OCH3 is 1. The van der Waals surface area contributed by atoms with Gasteiger partial charge in [-0.3, -0.25) is 0 Å². The van der Waals surface area contributed by atoms with Crippen LogP contribution in [0.25, 0.3) is 0 Å². The fourth-order valence-corrected chi connectivity index (χ4v) is 3.78. The van der Waals surface area contributed by atoms with Crippen LogP contribution in [0.4, 0.5) is 5.69 Å². The highest BCUT2D eigenvalue weighted by Crippen LogP contribution is 2.37. The Balaban J connectivity index is 2.21. The van der Waals surface area contributed by atoms with Crippen LogP contribution in [0.15, 0.2) is 18.2 Å². The van der Waals surface area contributed by atoms with Crippen molar-refractivity contribution in [2.45, 2.75) is 26.3 Å². The van der Waals surface area contributed by atoms with E-state index in [-0.39, 0.29) is 0 Å². The number of nitrogens with one attached hydrogen (secondary N) is 1. The first-order valence-electron chi connectivity index (χ1n) is 6.47. The summed E-state index contributed by atoms with van der Waals surface area (Å²) in [6.45, 7) is 4.59. The number of ether oxygens (including phenoxy) is 1. The average Bonchev–Trinajstić information content (AvgIpc) is 2.38. The Labute approximate surface area is 119 Å². The third-order valence-corrected chi connectivity index (χ3v) is 4.95. The minimum Gasteiger partial charge on any atom is -0.495 e. The Hall–Kier alpha value is -1.34. The fraction of sp³-hybridized carbons (Fsp3) is 0.533. The van der Waals surface area contributed by atoms with Gasteiger partial charge in [-0.2, -0.15) is 17.0 Å². The van der Waals surface area contributed by atoms with Crippen molar-refractivity contribution in [1.82, 2.24) is 0 Å². The van der Waals surface area contributed by atoms with Crippen molar-refractivity contribution in [1.29, 1.82) is 5.26 Å². The first-order valence-corrected chi connectivity index (χ1v) is 7.62. The first-order chi connectivity index (χ1) is 9.05. The molecule has 1 atom stereocenters. The molecule has 1 aliphatic rings. The van der Waals surface area contributed by atoms with E-state index < -0.39 is 0 Å². The summed E-state index contributed by atoms with van der Waals surface area (Å²) in [6.07, 6.45) is 1.11. The van der Waals surface area contributed by atoms with Crippen LogP contribution in [0, 0.1) is 16.7 Å². The third kappa shape index (κ3) is 3.36.